The number of allylic oxidation sites excluding steroid dienone is 1. The van der Waals surface area contributed by atoms with Crippen molar-refractivity contribution in [2.24, 2.45) is 0 Å². The summed E-state index contributed by atoms with van der Waals surface area (Å²) in [6.45, 7) is 4.77. The molecule has 0 amide bonds. The molecule has 3 heterocycles. The zero-order valence-corrected chi connectivity index (χ0v) is 22.1. The van der Waals surface area contributed by atoms with E-state index in [1.54, 1.807) is 0 Å². The molecule has 1 saturated heterocycles. The van der Waals surface area contributed by atoms with Gasteiger partial charge in [0.1, 0.15) is 6.23 Å². The van der Waals surface area contributed by atoms with Gasteiger partial charge in [0.25, 0.3) is 0 Å². The number of aromatic nitrogens is 2. The van der Waals surface area contributed by atoms with E-state index in [0.717, 1.165) is 76.5 Å². The number of nitrogens with zero attached hydrogens (tertiary/aromatic N) is 2. The van der Waals surface area contributed by atoms with Crippen molar-refractivity contribution < 1.29 is 4.74 Å². The molecule has 0 spiro atoms. The van der Waals surface area contributed by atoms with Crippen molar-refractivity contribution in [1.82, 2.24) is 15.3 Å². The van der Waals surface area contributed by atoms with Crippen LogP contribution >= 0.6 is 0 Å². The molecule has 38 heavy (non-hydrogen) atoms. The molecule has 0 aliphatic carbocycles. The summed E-state index contributed by atoms with van der Waals surface area (Å²) in [5.74, 6) is 0. The second kappa shape index (κ2) is 12.0. The molecule has 0 radical (unpaired) electrons. The van der Waals surface area contributed by atoms with E-state index in [0.29, 0.717) is 12.1 Å². The maximum absolute atomic E-state index is 8.49. The summed E-state index contributed by atoms with van der Waals surface area (Å²) >= 11 is 0. The SMILES string of the molecule is CCC(=N)/C(C)=C(\NC1CCCCO1)c1cccc(-c2cccc(-c3cccc(-c4ccccn4)c3)c2)n1. The Morgan fingerprint density at radius 3 is 2.21 bits per heavy atom. The maximum Gasteiger partial charge on any atom is 0.127 e. The van der Waals surface area contributed by atoms with Crippen LogP contribution in [-0.4, -0.2) is 28.5 Å². The molecule has 2 aromatic carbocycles. The minimum Gasteiger partial charge on any atom is -0.359 e. The molecule has 2 aromatic heterocycles. The van der Waals surface area contributed by atoms with Gasteiger partial charge in [-0.2, -0.15) is 0 Å². The van der Waals surface area contributed by atoms with E-state index in [1.165, 1.54) is 0 Å². The summed E-state index contributed by atoms with van der Waals surface area (Å²) in [6.07, 6.45) is 5.62. The summed E-state index contributed by atoms with van der Waals surface area (Å²) < 4.78 is 5.97. The Labute approximate surface area is 225 Å². The zero-order valence-electron chi connectivity index (χ0n) is 22.1. The number of pyridine rings is 2. The summed E-state index contributed by atoms with van der Waals surface area (Å²) in [5.41, 5.74) is 9.47. The van der Waals surface area contributed by atoms with Crippen LogP contribution in [0, 0.1) is 5.41 Å². The van der Waals surface area contributed by atoms with Crippen LogP contribution in [0.5, 0.6) is 0 Å². The van der Waals surface area contributed by atoms with Crippen LogP contribution in [0.1, 0.15) is 45.2 Å². The standard InChI is InChI=1S/C33H34N4O/c1-3-28(34)23(2)33(37-32-18-5-7-20-38-32)31-17-10-16-30(36-31)27-14-9-12-25(22-27)24-11-8-13-26(21-24)29-15-4-6-19-35-29/h4,6,8-17,19,21-22,32,34,37H,3,5,7,18,20H2,1-2H3/b33-23-,34-28?. The topological polar surface area (TPSA) is 70.9 Å². The summed E-state index contributed by atoms with van der Waals surface area (Å²) in [4.78, 5) is 9.57. The molecule has 1 aliphatic heterocycles. The Kier molecular flexibility index (Phi) is 8.05. The van der Waals surface area contributed by atoms with E-state index in [-0.39, 0.29) is 6.23 Å². The van der Waals surface area contributed by atoms with Gasteiger partial charge >= 0.3 is 0 Å². The van der Waals surface area contributed by atoms with Crippen LogP contribution in [0.3, 0.4) is 0 Å². The first-order valence-corrected chi connectivity index (χ1v) is 13.4. The summed E-state index contributed by atoms with van der Waals surface area (Å²) in [5, 5.41) is 12.1. The minimum atomic E-state index is -0.0569. The molecule has 5 rings (SSSR count). The summed E-state index contributed by atoms with van der Waals surface area (Å²) in [7, 11) is 0. The van der Waals surface area contributed by atoms with Crippen molar-refractivity contribution in [1.29, 1.82) is 5.41 Å². The first kappa shape index (κ1) is 25.6. The quantitative estimate of drug-likeness (QED) is 0.242. The lowest BCUT2D eigenvalue weighted by atomic mass is 9.98. The average molecular weight is 503 g/mol. The number of rotatable bonds is 8. The second-order valence-corrected chi connectivity index (χ2v) is 9.62. The molecule has 1 atom stereocenters. The molecule has 5 nitrogen and oxygen atoms in total. The van der Waals surface area contributed by atoms with Gasteiger partial charge in [-0.3, -0.25) is 4.98 Å². The zero-order chi connectivity index (χ0) is 26.3. The highest BCUT2D eigenvalue weighted by molar-refractivity contribution is 6.03. The lowest BCUT2D eigenvalue weighted by Crippen LogP contribution is -2.34. The molecule has 5 heteroatoms. The third-order valence-electron chi connectivity index (χ3n) is 6.99. The highest BCUT2D eigenvalue weighted by Gasteiger charge is 2.19. The fraction of sp³-hybridized carbons (Fsp3) is 0.242. The minimum absolute atomic E-state index is 0.0569. The number of hydrogen-bond donors (Lipinski definition) is 2. The fourth-order valence-electron chi connectivity index (χ4n) is 4.79. The molecule has 1 fully saturated rings. The van der Waals surface area contributed by atoms with Gasteiger partial charge in [-0.05, 0) is 85.7 Å². The third kappa shape index (κ3) is 5.90. The smallest absolute Gasteiger partial charge is 0.127 e. The van der Waals surface area contributed by atoms with Gasteiger partial charge in [0.15, 0.2) is 0 Å². The van der Waals surface area contributed by atoms with Gasteiger partial charge in [0, 0.05) is 29.6 Å². The number of hydrogen-bond acceptors (Lipinski definition) is 5. The predicted octanol–water partition coefficient (Wildman–Crippen LogP) is 7.75. The van der Waals surface area contributed by atoms with Crippen molar-refractivity contribution in [3.05, 3.63) is 102 Å². The molecule has 1 unspecified atom stereocenters. The highest BCUT2D eigenvalue weighted by Crippen LogP contribution is 2.29. The molecule has 1 aliphatic rings. The first-order chi connectivity index (χ1) is 18.6. The van der Waals surface area contributed by atoms with E-state index in [4.69, 9.17) is 15.1 Å². The fourth-order valence-corrected chi connectivity index (χ4v) is 4.79. The van der Waals surface area contributed by atoms with Gasteiger partial charge in [0.2, 0.25) is 0 Å². The van der Waals surface area contributed by atoms with E-state index >= 15 is 0 Å². The van der Waals surface area contributed by atoms with E-state index in [9.17, 15) is 0 Å². The van der Waals surface area contributed by atoms with Gasteiger partial charge in [-0.15, -0.1) is 0 Å². The van der Waals surface area contributed by atoms with Gasteiger partial charge in [-0.25, -0.2) is 4.98 Å². The predicted molar refractivity (Wildman–Crippen MR) is 156 cm³/mol. The lowest BCUT2D eigenvalue weighted by Gasteiger charge is -2.27. The lowest BCUT2D eigenvalue weighted by molar-refractivity contribution is 0.00520. The third-order valence-corrected chi connectivity index (χ3v) is 6.99. The van der Waals surface area contributed by atoms with E-state index in [1.807, 2.05) is 56.4 Å². The van der Waals surface area contributed by atoms with E-state index < -0.39 is 0 Å². The van der Waals surface area contributed by atoms with Crippen molar-refractivity contribution in [3.63, 3.8) is 0 Å². The maximum atomic E-state index is 8.49. The van der Waals surface area contributed by atoms with Crippen LogP contribution in [-0.2, 0) is 4.74 Å². The largest absolute Gasteiger partial charge is 0.359 e. The van der Waals surface area contributed by atoms with Gasteiger partial charge in [0.05, 0.1) is 22.8 Å². The monoisotopic (exact) mass is 502 g/mol. The Hall–Kier alpha value is -4.09. The van der Waals surface area contributed by atoms with Crippen LogP contribution in [0.15, 0.2) is 96.7 Å². The van der Waals surface area contributed by atoms with Crippen LogP contribution in [0.2, 0.25) is 0 Å². The van der Waals surface area contributed by atoms with Crippen molar-refractivity contribution >= 4 is 11.4 Å². The number of ether oxygens (including phenoxy) is 1. The molecule has 0 saturated carbocycles. The molecule has 2 N–H and O–H groups in total. The normalized spacial score (nSPS) is 16.0. The molecule has 0 bridgehead atoms. The Morgan fingerprint density at radius 1 is 0.868 bits per heavy atom. The number of nitrogens with one attached hydrogen (secondary N) is 2. The van der Waals surface area contributed by atoms with Gasteiger partial charge in [-0.1, -0.05) is 55.5 Å². The Morgan fingerprint density at radius 2 is 1.55 bits per heavy atom. The average Bonchev–Trinajstić information content (AvgIpc) is 3.00. The molecular weight excluding hydrogens is 468 g/mol. The Balaban J connectivity index is 1.48. The Bertz CT molecular complexity index is 1440. The second-order valence-electron chi connectivity index (χ2n) is 9.62. The first-order valence-electron chi connectivity index (χ1n) is 13.4. The summed E-state index contributed by atoms with van der Waals surface area (Å²) in [6, 6.07) is 29.0. The molecule has 192 valence electrons. The highest BCUT2D eigenvalue weighted by atomic mass is 16.5. The molecule has 4 aromatic rings. The van der Waals surface area contributed by atoms with Crippen molar-refractivity contribution in [3.8, 4) is 33.6 Å². The van der Waals surface area contributed by atoms with Crippen molar-refractivity contribution in [2.75, 3.05) is 6.61 Å². The number of benzene rings is 2. The van der Waals surface area contributed by atoms with Crippen molar-refractivity contribution in [2.45, 2.75) is 45.8 Å². The van der Waals surface area contributed by atoms with Crippen LogP contribution in [0.4, 0.5) is 0 Å². The van der Waals surface area contributed by atoms with Crippen LogP contribution in [0.25, 0.3) is 39.3 Å². The van der Waals surface area contributed by atoms with Crippen LogP contribution < -0.4 is 5.32 Å². The van der Waals surface area contributed by atoms with E-state index in [2.05, 4.69) is 58.8 Å². The molecular formula is C33H34N4O. The van der Waals surface area contributed by atoms with Gasteiger partial charge < -0.3 is 15.5 Å².